The van der Waals surface area contributed by atoms with Crippen LogP contribution in [0.25, 0.3) is 0 Å². The molecule has 0 fully saturated rings. The Labute approximate surface area is 342 Å². The first-order valence-electron chi connectivity index (χ1n) is 25.0. The normalized spacial score (nSPS) is 16.3. The maximum absolute atomic E-state index is 15.7. The summed E-state index contributed by atoms with van der Waals surface area (Å²) in [6.07, 6.45) is 35.6. The van der Waals surface area contributed by atoms with Crippen LogP contribution in [0.15, 0.2) is 11.1 Å². The molecule has 2 nitrogen and oxygen atoms in total. The van der Waals surface area contributed by atoms with Crippen LogP contribution in [0.2, 0.25) is 0 Å². The molecular weight excluding hydrogens is 657 g/mol. The highest BCUT2D eigenvalue weighted by Gasteiger charge is 2.45. The number of carbonyl (C=O) groups excluding carboxylic acids is 1. The zero-order valence-corrected chi connectivity index (χ0v) is 39.5. The number of ether oxygens (including phenoxy) is 1. The Balaban J connectivity index is 8.32. The summed E-state index contributed by atoms with van der Waals surface area (Å²) in [5.41, 5.74) is 2.66. The molecule has 0 heterocycles. The Bertz CT molecular complexity index is 821. The lowest BCUT2D eigenvalue weighted by Crippen LogP contribution is -2.37. The van der Waals surface area contributed by atoms with Crippen LogP contribution in [-0.2, 0) is 9.53 Å². The van der Waals surface area contributed by atoms with Gasteiger partial charge in [-0.2, -0.15) is 0 Å². The topological polar surface area (TPSA) is 26.3 Å². The molecule has 0 amide bonds. The van der Waals surface area contributed by atoms with Crippen molar-refractivity contribution in [3.63, 3.8) is 0 Å². The van der Waals surface area contributed by atoms with Crippen molar-refractivity contribution in [3.8, 4) is 0 Å². The van der Waals surface area contributed by atoms with Crippen LogP contribution in [0.4, 0.5) is 0 Å². The van der Waals surface area contributed by atoms with Crippen molar-refractivity contribution in [2.75, 3.05) is 6.61 Å². The van der Waals surface area contributed by atoms with Crippen LogP contribution in [-0.4, -0.2) is 12.6 Å². The smallest absolute Gasteiger partial charge is 0.334 e. The third kappa shape index (κ3) is 21.7. The van der Waals surface area contributed by atoms with Gasteiger partial charge in [-0.05, 0) is 74.0 Å². The summed E-state index contributed by atoms with van der Waals surface area (Å²) in [4.78, 5) is 15.7. The van der Waals surface area contributed by atoms with Gasteiger partial charge < -0.3 is 4.74 Å². The molecule has 54 heavy (non-hydrogen) atoms. The molecular formula is C52H102O2. The second kappa shape index (κ2) is 34.3. The Morgan fingerprint density at radius 3 is 0.963 bits per heavy atom. The van der Waals surface area contributed by atoms with Crippen LogP contribution in [0.3, 0.4) is 0 Å². The second-order valence-electron chi connectivity index (χ2n) is 18.4. The lowest BCUT2D eigenvalue weighted by atomic mass is 9.60. The Hall–Kier alpha value is -0.790. The van der Waals surface area contributed by atoms with Crippen molar-refractivity contribution >= 4 is 5.97 Å². The fourth-order valence-corrected chi connectivity index (χ4v) is 9.81. The molecule has 0 aromatic heterocycles. The van der Waals surface area contributed by atoms with Crippen molar-refractivity contribution in [3.05, 3.63) is 11.1 Å². The summed E-state index contributed by atoms with van der Waals surface area (Å²) in [7, 11) is 0. The average Bonchev–Trinajstić information content (AvgIpc) is 3.19. The van der Waals surface area contributed by atoms with Crippen LogP contribution >= 0.6 is 0 Å². The molecule has 0 saturated heterocycles. The molecule has 0 bridgehead atoms. The van der Waals surface area contributed by atoms with Crippen molar-refractivity contribution in [2.45, 2.75) is 269 Å². The van der Waals surface area contributed by atoms with Crippen LogP contribution in [0, 0.1) is 40.9 Å². The number of hydrogen-bond donors (Lipinski definition) is 0. The molecule has 0 aromatic carbocycles. The number of allylic oxidation sites excluding steroid dienone is 1. The second-order valence-corrected chi connectivity index (χ2v) is 18.4. The van der Waals surface area contributed by atoms with E-state index in [9.17, 15) is 0 Å². The highest BCUT2D eigenvalue weighted by atomic mass is 16.5. The van der Waals surface area contributed by atoms with Gasteiger partial charge >= 0.3 is 5.97 Å². The third-order valence-electron chi connectivity index (χ3n) is 13.9. The van der Waals surface area contributed by atoms with Gasteiger partial charge in [-0.1, -0.05) is 236 Å². The van der Waals surface area contributed by atoms with E-state index in [2.05, 4.69) is 83.1 Å². The minimum absolute atomic E-state index is 0.108. The summed E-state index contributed by atoms with van der Waals surface area (Å²) in [5, 5.41) is 0. The van der Waals surface area contributed by atoms with E-state index in [1.807, 2.05) is 0 Å². The number of carbonyl (C=O) groups is 1. The Morgan fingerprint density at radius 1 is 0.407 bits per heavy atom. The van der Waals surface area contributed by atoms with Gasteiger partial charge in [-0.3, -0.25) is 0 Å². The molecule has 0 aliphatic rings. The van der Waals surface area contributed by atoms with Crippen LogP contribution < -0.4 is 0 Å². The van der Waals surface area contributed by atoms with E-state index in [4.69, 9.17) is 4.74 Å². The highest BCUT2D eigenvalue weighted by Crippen LogP contribution is 2.52. The van der Waals surface area contributed by atoms with E-state index < -0.39 is 0 Å². The summed E-state index contributed by atoms with van der Waals surface area (Å²) in [6.45, 7) is 29.2. The van der Waals surface area contributed by atoms with Crippen molar-refractivity contribution in [1.29, 1.82) is 0 Å². The lowest BCUT2D eigenvalue weighted by Gasteiger charge is -2.44. The molecule has 6 atom stereocenters. The molecule has 0 aromatic rings. The Kier molecular flexibility index (Phi) is 33.8. The molecule has 0 N–H and O–H groups in total. The van der Waals surface area contributed by atoms with E-state index in [0.29, 0.717) is 42.1 Å². The highest BCUT2D eigenvalue weighted by molar-refractivity contribution is 5.91. The molecule has 0 rings (SSSR count). The van der Waals surface area contributed by atoms with Crippen LogP contribution in [0.5, 0.6) is 0 Å². The molecule has 0 radical (unpaired) electrons. The quantitative estimate of drug-likeness (QED) is 0.0463. The molecule has 0 aliphatic heterocycles. The van der Waals surface area contributed by atoms with Gasteiger partial charge in [-0.25, -0.2) is 4.79 Å². The lowest BCUT2D eigenvalue weighted by molar-refractivity contribution is -0.142. The van der Waals surface area contributed by atoms with E-state index in [-0.39, 0.29) is 11.4 Å². The number of unbranched alkanes of at least 4 members (excludes halogenated alkanes) is 6. The van der Waals surface area contributed by atoms with Crippen molar-refractivity contribution < 1.29 is 9.53 Å². The number of esters is 1. The molecule has 0 aliphatic carbocycles. The van der Waals surface area contributed by atoms with Gasteiger partial charge in [0.05, 0.1) is 6.61 Å². The monoisotopic (exact) mass is 759 g/mol. The predicted octanol–water partition coefficient (Wildman–Crippen LogP) is 18.1. The SMILES string of the molecule is CCCCC(CC)COC(=O)C(=C(CC(CC)CCCC)CC(CC)CCCC)C(CC(CC)CCCC)(CC(CC)CCCC)CC(CC)CCCC. The van der Waals surface area contributed by atoms with Gasteiger partial charge in [0, 0.05) is 11.0 Å². The zero-order chi connectivity index (χ0) is 40.6. The van der Waals surface area contributed by atoms with Gasteiger partial charge in [-0.15, -0.1) is 0 Å². The van der Waals surface area contributed by atoms with E-state index >= 15 is 4.79 Å². The van der Waals surface area contributed by atoms with Gasteiger partial charge in [0.15, 0.2) is 0 Å². The Morgan fingerprint density at radius 2 is 0.685 bits per heavy atom. The largest absolute Gasteiger partial charge is 0.462 e. The molecule has 322 valence electrons. The van der Waals surface area contributed by atoms with Crippen molar-refractivity contribution in [2.24, 2.45) is 40.9 Å². The first-order valence-corrected chi connectivity index (χ1v) is 25.0. The molecule has 6 unspecified atom stereocenters. The summed E-state index contributed by atoms with van der Waals surface area (Å²) < 4.78 is 6.83. The fourth-order valence-electron chi connectivity index (χ4n) is 9.81. The average molecular weight is 759 g/mol. The van der Waals surface area contributed by atoms with Gasteiger partial charge in [0.25, 0.3) is 0 Å². The molecule has 0 saturated carbocycles. The van der Waals surface area contributed by atoms with E-state index in [1.54, 1.807) is 5.57 Å². The van der Waals surface area contributed by atoms with Crippen molar-refractivity contribution in [1.82, 2.24) is 0 Å². The predicted molar refractivity (Wildman–Crippen MR) is 243 cm³/mol. The minimum Gasteiger partial charge on any atom is -0.462 e. The van der Waals surface area contributed by atoms with Gasteiger partial charge in [0.1, 0.15) is 0 Å². The summed E-state index contributed by atoms with van der Waals surface area (Å²) in [5.74, 6) is 3.81. The maximum Gasteiger partial charge on any atom is 0.334 e. The first kappa shape index (κ1) is 53.2. The first-order chi connectivity index (χ1) is 26.2. The maximum atomic E-state index is 15.7. The van der Waals surface area contributed by atoms with Crippen LogP contribution in [0.1, 0.15) is 269 Å². The van der Waals surface area contributed by atoms with Gasteiger partial charge in [0.2, 0.25) is 0 Å². The van der Waals surface area contributed by atoms with E-state index in [1.165, 1.54) is 173 Å². The van der Waals surface area contributed by atoms with E-state index in [0.717, 1.165) is 19.3 Å². The molecule has 0 spiro atoms. The fraction of sp³-hybridized carbons (Fsp3) is 0.942. The number of rotatable bonds is 38. The summed E-state index contributed by atoms with van der Waals surface area (Å²) in [6, 6.07) is 0. The minimum atomic E-state index is -0.124. The number of hydrogen-bond acceptors (Lipinski definition) is 2. The standard InChI is InChI=1S/C52H102O2/c1-13-25-31-43(19-7)37-49(38-44(20-8)32-26-14-2)50(51(53)54-42-48(24-12)36-30-18-6)52(39-45(21-9)33-27-15-3,40-46(22-10)34-28-16-4)41-47(23-11)35-29-17-5/h43-48H,13-42H2,1-12H3. The zero-order valence-electron chi connectivity index (χ0n) is 39.5. The third-order valence-corrected chi connectivity index (χ3v) is 13.9. The summed E-state index contributed by atoms with van der Waals surface area (Å²) >= 11 is 0. The molecule has 2 heteroatoms.